The van der Waals surface area contributed by atoms with Gasteiger partial charge in [-0.25, -0.2) is 21.2 Å². The Bertz CT molecular complexity index is 1110. The van der Waals surface area contributed by atoms with Crippen LogP contribution in [0, 0.1) is 5.82 Å². The zero-order chi connectivity index (χ0) is 21.9. The second-order valence-electron chi connectivity index (χ2n) is 6.93. The molecule has 30 heavy (non-hydrogen) atoms. The number of rotatable bonds is 7. The quantitative estimate of drug-likeness (QED) is 0.688. The molecule has 0 aromatic heterocycles. The standard InChI is InChI=1S/C19H22FN3O5S2/c1-29(25,26)23(17-8-4-15(20)5-9-17)14-19(24)21-16-6-10-18(11-7-16)30(27,28)22-12-2-3-13-22/h4-11H,2-3,12-14H2,1H3,(H,21,24). The van der Waals surface area contributed by atoms with Crippen LogP contribution in [-0.2, 0) is 24.8 Å². The molecular weight excluding hydrogens is 433 g/mol. The summed E-state index contributed by atoms with van der Waals surface area (Å²) in [4.78, 5) is 12.5. The number of hydrogen-bond acceptors (Lipinski definition) is 5. The Labute approximate surface area is 175 Å². The van der Waals surface area contributed by atoms with Crippen LogP contribution in [0.2, 0.25) is 0 Å². The summed E-state index contributed by atoms with van der Waals surface area (Å²) in [7, 11) is -7.35. The van der Waals surface area contributed by atoms with Crippen LogP contribution in [0.1, 0.15) is 12.8 Å². The third-order valence-corrected chi connectivity index (χ3v) is 7.70. The second kappa shape index (κ2) is 8.70. The molecule has 162 valence electrons. The number of nitrogens with one attached hydrogen (secondary N) is 1. The molecule has 1 aliphatic heterocycles. The number of carbonyl (C=O) groups excluding carboxylic acids is 1. The number of halogens is 1. The van der Waals surface area contributed by atoms with Gasteiger partial charge >= 0.3 is 0 Å². The zero-order valence-corrected chi connectivity index (χ0v) is 17.9. The molecule has 2 aromatic carbocycles. The molecule has 0 atom stereocenters. The number of nitrogens with zero attached hydrogens (tertiary/aromatic N) is 2. The second-order valence-corrected chi connectivity index (χ2v) is 10.8. The van der Waals surface area contributed by atoms with Crippen LogP contribution in [0.5, 0.6) is 0 Å². The van der Waals surface area contributed by atoms with Crippen LogP contribution >= 0.6 is 0 Å². The fourth-order valence-electron chi connectivity index (χ4n) is 3.13. The molecule has 3 rings (SSSR count). The van der Waals surface area contributed by atoms with Crippen molar-refractivity contribution in [3.63, 3.8) is 0 Å². The van der Waals surface area contributed by atoms with Gasteiger partial charge in [-0.2, -0.15) is 4.31 Å². The van der Waals surface area contributed by atoms with Crippen molar-refractivity contribution in [2.75, 3.05) is 35.5 Å². The van der Waals surface area contributed by atoms with Gasteiger partial charge in [0.1, 0.15) is 12.4 Å². The fourth-order valence-corrected chi connectivity index (χ4v) is 5.50. The number of sulfonamides is 2. The van der Waals surface area contributed by atoms with Crippen molar-refractivity contribution >= 4 is 37.3 Å². The van der Waals surface area contributed by atoms with Crippen LogP contribution in [0.3, 0.4) is 0 Å². The molecule has 8 nitrogen and oxygen atoms in total. The molecule has 0 unspecified atom stereocenters. The third kappa shape index (κ3) is 5.15. The van der Waals surface area contributed by atoms with Crippen molar-refractivity contribution in [2.45, 2.75) is 17.7 Å². The average molecular weight is 456 g/mol. The van der Waals surface area contributed by atoms with E-state index in [-0.39, 0.29) is 10.6 Å². The lowest BCUT2D eigenvalue weighted by Crippen LogP contribution is -2.37. The molecule has 0 saturated carbocycles. The fraction of sp³-hybridized carbons (Fsp3) is 0.316. The molecule has 1 aliphatic rings. The van der Waals surface area contributed by atoms with Crippen LogP contribution in [-0.4, -0.2) is 52.9 Å². The first kappa shape index (κ1) is 22.2. The summed E-state index contributed by atoms with van der Waals surface area (Å²) in [5, 5.41) is 2.55. The van der Waals surface area contributed by atoms with Gasteiger partial charge in [0.15, 0.2) is 0 Å². The number of amides is 1. The van der Waals surface area contributed by atoms with E-state index in [1.54, 1.807) is 0 Å². The van der Waals surface area contributed by atoms with Gasteiger partial charge in [-0.1, -0.05) is 0 Å². The molecule has 1 amide bonds. The number of hydrogen-bond donors (Lipinski definition) is 1. The molecule has 1 fully saturated rings. The normalized spacial score (nSPS) is 15.1. The van der Waals surface area contributed by atoms with Gasteiger partial charge in [0.2, 0.25) is 26.0 Å². The Balaban J connectivity index is 1.71. The van der Waals surface area contributed by atoms with Gasteiger partial charge in [0.05, 0.1) is 16.8 Å². The summed E-state index contributed by atoms with van der Waals surface area (Å²) in [6.45, 7) is 0.468. The van der Waals surface area contributed by atoms with E-state index in [1.165, 1.54) is 40.7 Å². The SMILES string of the molecule is CS(=O)(=O)N(CC(=O)Nc1ccc(S(=O)(=O)N2CCCC2)cc1)c1ccc(F)cc1. The summed E-state index contributed by atoms with van der Waals surface area (Å²) >= 11 is 0. The maximum atomic E-state index is 13.1. The van der Waals surface area contributed by atoms with E-state index in [4.69, 9.17) is 0 Å². The highest BCUT2D eigenvalue weighted by atomic mass is 32.2. The van der Waals surface area contributed by atoms with Crippen LogP contribution in [0.4, 0.5) is 15.8 Å². The summed E-state index contributed by atoms with van der Waals surface area (Å²) in [5.74, 6) is -1.15. The highest BCUT2D eigenvalue weighted by Crippen LogP contribution is 2.22. The molecular formula is C19H22FN3O5S2. The number of anilines is 2. The minimum atomic E-state index is -3.79. The maximum absolute atomic E-state index is 13.1. The Hall–Kier alpha value is -2.50. The Morgan fingerprint density at radius 1 is 1.00 bits per heavy atom. The van der Waals surface area contributed by atoms with Gasteiger partial charge in [0, 0.05) is 18.8 Å². The highest BCUT2D eigenvalue weighted by Gasteiger charge is 2.27. The lowest BCUT2D eigenvalue weighted by molar-refractivity contribution is -0.114. The largest absolute Gasteiger partial charge is 0.325 e. The lowest BCUT2D eigenvalue weighted by Gasteiger charge is -2.22. The van der Waals surface area contributed by atoms with Gasteiger partial charge in [-0.15, -0.1) is 0 Å². The first-order valence-electron chi connectivity index (χ1n) is 9.21. The van der Waals surface area contributed by atoms with Crippen LogP contribution in [0.15, 0.2) is 53.4 Å². The van der Waals surface area contributed by atoms with Crippen molar-refractivity contribution in [3.8, 4) is 0 Å². The highest BCUT2D eigenvalue weighted by molar-refractivity contribution is 7.92. The van der Waals surface area contributed by atoms with Gasteiger partial charge in [-0.3, -0.25) is 9.10 Å². The third-order valence-electron chi connectivity index (χ3n) is 4.64. The first-order chi connectivity index (χ1) is 14.1. The minimum absolute atomic E-state index is 0.131. The Morgan fingerprint density at radius 3 is 2.10 bits per heavy atom. The van der Waals surface area contributed by atoms with Crippen molar-refractivity contribution in [2.24, 2.45) is 0 Å². The van der Waals surface area contributed by atoms with Crippen molar-refractivity contribution in [3.05, 3.63) is 54.3 Å². The Kier molecular flexibility index (Phi) is 6.44. The summed E-state index contributed by atoms with van der Waals surface area (Å²) in [5.41, 5.74) is 0.481. The van der Waals surface area contributed by atoms with Crippen molar-refractivity contribution in [1.29, 1.82) is 0 Å². The number of carbonyl (C=O) groups is 1. The van der Waals surface area contributed by atoms with E-state index >= 15 is 0 Å². The molecule has 0 spiro atoms. The monoisotopic (exact) mass is 455 g/mol. The first-order valence-corrected chi connectivity index (χ1v) is 12.5. The Morgan fingerprint density at radius 2 is 1.57 bits per heavy atom. The minimum Gasteiger partial charge on any atom is -0.325 e. The van der Waals surface area contributed by atoms with Crippen molar-refractivity contribution < 1.29 is 26.0 Å². The molecule has 1 saturated heterocycles. The van der Waals surface area contributed by atoms with E-state index in [2.05, 4.69) is 5.32 Å². The van der Waals surface area contributed by atoms with E-state index < -0.39 is 38.3 Å². The topological polar surface area (TPSA) is 104 Å². The van der Waals surface area contributed by atoms with E-state index in [0.29, 0.717) is 18.8 Å². The van der Waals surface area contributed by atoms with E-state index in [0.717, 1.165) is 35.5 Å². The molecule has 0 aliphatic carbocycles. The molecule has 11 heteroatoms. The van der Waals surface area contributed by atoms with Crippen LogP contribution in [0.25, 0.3) is 0 Å². The molecule has 1 heterocycles. The van der Waals surface area contributed by atoms with Gasteiger partial charge in [-0.05, 0) is 61.4 Å². The lowest BCUT2D eigenvalue weighted by atomic mass is 10.3. The molecule has 2 aromatic rings. The predicted octanol–water partition coefficient (Wildman–Crippen LogP) is 2.01. The van der Waals surface area contributed by atoms with Crippen LogP contribution < -0.4 is 9.62 Å². The molecule has 0 radical (unpaired) electrons. The maximum Gasteiger partial charge on any atom is 0.245 e. The predicted molar refractivity (Wildman–Crippen MR) is 112 cm³/mol. The number of benzene rings is 2. The van der Waals surface area contributed by atoms with Gasteiger partial charge < -0.3 is 5.32 Å². The molecule has 0 bridgehead atoms. The summed E-state index contributed by atoms with van der Waals surface area (Å²) in [6, 6.07) is 10.4. The summed E-state index contributed by atoms with van der Waals surface area (Å²) in [6.07, 6.45) is 2.61. The van der Waals surface area contributed by atoms with E-state index in [1.807, 2.05) is 0 Å². The smallest absolute Gasteiger partial charge is 0.245 e. The van der Waals surface area contributed by atoms with Gasteiger partial charge in [0.25, 0.3) is 0 Å². The van der Waals surface area contributed by atoms with Crippen molar-refractivity contribution in [1.82, 2.24) is 4.31 Å². The molecule has 1 N–H and O–H groups in total. The zero-order valence-electron chi connectivity index (χ0n) is 16.3. The van der Waals surface area contributed by atoms with E-state index in [9.17, 15) is 26.0 Å². The average Bonchev–Trinajstić information content (AvgIpc) is 3.22. The summed E-state index contributed by atoms with van der Waals surface area (Å²) < 4.78 is 64.6.